The lowest BCUT2D eigenvalue weighted by atomic mass is 9.94. The Bertz CT molecular complexity index is 905. The number of benzene rings is 2. The van der Waals surface area contributed by atoms with Crippen molar-refractivity contribution < 1.29 is 28.5 Å². The van der Waals surface area contributed by atoms with Gasteiger partial charge in [0.1, 0.15) is 21.2 Å². The van der Waals surface area contributed by atoms with E-state index >= 15 is 0 Å². The number of ether oxygens (including phenoxy) is 4. The third kappa shape index (κ3) is 5.87. The van der Waals surface area contributed by atoms with Crippen LogP contribution in [0.2, 0.25) is 0 Å². The third-order valence-corrected chi connectivity index (χ3v) is 5.75. The first-order valence-corrected chi connectivity index (χ1v) is 10.6. The number of carbonyl (C=O) groups excluding carboxylic acids is 2. The molecule has 0 aliphatic carbocycles. The topological polar surface area (TPSA) is 71.1 Å². The summed E-state index contributed by atoms with van der Waals surface area (Å²) in [6.07, 6.45) is 0.490. The number of esters is 2. The van der Waals surface area contributed by atoms with Crippen LogP contribution < -0.4 is 9.47 Å². The minimum Gasteiger partial charge on any atom is -0.496 e. The predicted octanol–water partition coefficient (Wildman–Crippen LogP) is 4.80. The normalized spacial score (nSPS) is 14.6. The smallest absolute Gasteiger partial charge is 0.326 e. The fraction of sp³-hybridized carbons (Fsp3) is 0.417. The number of alkyl halides is 2. The Balaban J connectivity index is 2.37. The van der Waals surface area contributed by atoms with E-state index in [0.717, 1.165) is 22.3 Å². The quantitative estimate of drug-likeness (QED) is 0.377. The van der Waals surface area contributed by atoms with E-state index in [1.165, 1.54) is 14.2 Å². The summed E-state index contributed by atoms with van der Waals surface area (Å²) in [5.74, 6) is 0.174. The zero-order chi connectivity index (χ0) is 24.1. The second-order valence-electron chi connectivity index (χ2n) is 7.78. The Morgan fingerprint density at radius 1 is 0.719 bits per heavy atom. The molecule has 32 heavy (non-hydrogen) atoms. The molecule has 2 unspecified atom stereocenters. The molecule has 2 rings (SSSR count). The van der Waals surface area contributed by atoms with E-state index in [4.69, 9.17) is 42.1 Å². The van der Waals surface area contributed by atoms with Crippen molar-refractivity contribution in [2.24, 2.45) is 0 Å². The van der Waals surface area contributed by atoms with Crippen molar-refractivity contribution >= 4 is 35.1 Å². The van der Waals surface area contributed by atoms with Gasteiger partial charge in [0.2, 0.25) is 0 Å². The van der Waals surface area contributed by atoms with Crippen molar-refractivity contribution in [3.8, 4) is 22.6 Å². The van der Waals surface area contributed by atoms with Crippen molar-refractivity contribution in [1.82, 2.24) is 0 Å². The van der Waals surface area contributed by atoms with Crippen molar-refractivity contribution in [3.63, 3.8) is 0 Å². The molecule has 0 heterocycles. The predicted molar refractivity (Wildman–Crippen MR) is 125 cm³/mol. The van der Waals surface area contributed by atoms with Crippen LogP contribution in [0.1, 0.15) is 25.0 Å². The molecule has 0 bridgehead atoms. The number of carbonyl (C=O) groups is 2. The van der Waals surface area contributed by atoms with Gasteiger partial charge in [-0.25, -0.2) is 0 Å². The first-order chi connectivity index (χ1) is 15.0. The molecule has 0 N–H and O–H groups in total. The minimum atomic E-state index is -1.21. The van der Waals surface area contributed by atoms with Crippen LogP contribution in [0.15, 0.2) is 36.4 Å². The second kappa shape index (κ2) is 10.5. The molecular formula is C24H28Cl2O6. The summed E-state index contributed by atoms with van der Waals surface area (Å²) in [6.45, 7) is 3.21. The van der Waals surface area contributed by atoms with Crippen LogP contribution in [0.25, 0.3) is 11.1 Å². The summed E-state index contributed by atoms with van der Waals surface area (Å²) < 4.78 is 20.6. The van der Waals surface area contributed by atoms with Crippen molar-refractivity contribution in [2.75, 3.05) is 28.4 Å². The Morgan fingerprint density at radius 2 is 1.06 bits per heavy atom. The molecule has 0 aromatic heterocycles. The average molecular weight is 483 g/mol. The fourth-order valence-electron chi connectivity index (χ4n) is 3.43. The molecule has 0 saturated carbocycles. The Labute approximate surface area is 198 Å². The molecule has 8 heteroatoms. The first kappa shape index (κ1) is 25.8. The molecule has 2 atom stereocenters. The average Bonchev–Trinajstić information content (AvgIpc) is 2.77. The Kier molecular flexibility index (Phi) is 8.43. The lowest BCUT2D eigenvalue weighted by Crippen LogP contribution is -2.32. The van der Waals surface area contributed by atoms with E-state index in [0.29, 0.717) is 11.5 Å². The van der Waals surface area contributed by atoms with Gasteiger partial charge in [-0.3, -0.25) is 9.59 Å². The minimum absolute atomic E-state index is 0.245. The summed E-state index contributed by atoms with van der Waals surface area (Å²) in [6, 6.07) is 11.3. The van der Waals surface area contributed by atoms with E-state index in [-0.39, 0.29) is 12.8 Å². The summed E-state index contributed by atoms with van der Waals surface area (Å²) in [5.41, 5.74) is 3.32. The molecule has 0 saturated heterocycles. The van der Waals surface area contributed by atoms with Crippen LogP contribution in [0.5, 0.6) is 11.5 Å². The molecule has 0 aliphatic rings. The maximum atomic E-state index is 11.9. The zero-order valence-corrected chi connectivity index (χ0v) is 20.6. The highest BCUT2D eigenvalue weighted by molar-refractivity contribution is 6.34. The highest BCUT2D eigenvalue weighted by Gasteiger charge is 2.34. The second-order valence-corrected chi connectivity index (χ2v) is 9.45. The molecule has 6 nitrogen and oxygen atoms in total. The van der Waals surface area contributed by atoms with Gasteiger partial charge in [-0.1, -0.05) is 24.3 Å². The number of hydrogen-bond donors (Lipinski definition) is 0. The van der Waals surface area contributed by atoms with Gasteiger partial charge in [-0.2, -0.15) is 0 Å². The molecule has 2 aromatic rings. The Morgan fingerprint density at radius 3 is 1.34 bits per heavy atom. The van der Waals surface area contributed by atoms with E-state index in [1.54, 1.807) is 28.1 Å². The molecule has 2 aromatic carbocycles. The maximum Gasteiger partial charge on any atom is 0.326 e. The van der Waals surface area contributed by atoms with Gasteiger partial charge >= 0.3 is 11.9 Å². The monoisotopic (exact) mass is 482 g/mol. The van der Waals surface area contributed by atoms with Gasteiger partial charge in [0.25, 0.3) is 0 Å². The van der Waals surface area contributed by atoms with Crippen molar-refractivity contribution in [1.29, 1.82) is 0 Å². The molecule has 0 aliphatic heterocycles. The van der Waals surface area contributed by atoms with Crippen LogP contribution in [0, 0.1) is 0 Å². The standard InChI is InChI=1S/C24H28Cl2O6/c1-23(25,21(27)31-5)13-17-9-7-15(11-19(17)29-3)16-8-10-18(20(12-16)30-4)14-24(2,26)22(28)32-6/h7-12H,13-14H2,1-6H3. The van der Waals surface area contributed by atoms with E-state index < -0.39 is 21.7 Å². The van der Waals surface area contributed by atoms with Gasteiger partial charge in [0, 0.05) is 12.8 Å². The molecule has 0 spiro atoms. The zero-order valence-electron chi connectivity index (χ0n) is 19.1. The number of methoxy groups -OCH3 is 4. The lowest BCUT2D eigenvalue weighted by molar-refractivity contribution is -0.144. The summed E-state index contributed by atoms with van der Waals surface area (Å²) in [5, 5.41) is 0. The largest absolute Gasteiger partial charge is 0.496 e. The van der Waals surface area contributed by atoms with Gasteiger partial charge in [-0.15, -0.1) is 23.2 Å². The SMILES string of the molecule is COC(=O)C(C)(Cl)Cc1ccc(-c2ccc(CC(C)(Cl)C(=O)OC)c(OC)c2)cc1OC. The van der Waals surface area contributed by atoms with Gasteiger partial charge in [0.05, 0.1) is 28.4 Å². The van der Waals surface area contributed by atoms with Crippen LogP contribution in [-0.4, -0.2) is 50.1 Å². The van der Waals surface area contributed by atoms with E-state index in [9.17, 15) is 9.59 Å². The van der Waals surface area contributed by atoms with E-state index in [2.05, 4.69) is 0 Å². The van der Waals surface area contributed by atoms with Crippen LogP contribution >= 0.6 is 23.2 Å². The maximum absolute atomic E-state index is 11.9. The van der Waals surface area contributed by atoms with Crippen LogP contribution in [0.3, 0.4) is 0 Å². The van der Waals surface area contributed by atoms with Gasteiger partial charge in [0.15, 0.2) is 0 Å². The highest BCUT2D eigenvalue weighted by atomic mass is 35.5. The first-order valence-electron chi connectivity index (χ1n) is 9.88. The number of halogens is 2. The summed E-state index contributed by atoms with van der Waals surface area (Å²) in [7, 11) is 5.73. The fourth-order valence-corrected chi connectivity index (χ4v) is 3.87. The van der Waals surface area contributed by atoms with Gasteiger partial charge < -0.3 is 18.9 Å². The van der Waals surface area contributed by atoms with Crippen LogP contribution in [-0.2, 0) is 31.9 Å². The summed E-state index contributed by atoms with van der Waals surface area (Å²) in [4.78, 5) is 21.5. The molecule has 0 fully saturated rings. The van der Waals surface area contributed by atoms with Crippen molar-refractivity contribution in [2.45, 2.75) is 36.4 Å². The van der Waals surface area contributed by atoms with Gasteiger partial charge in [-0.05, 0) is 48.2 Å². The number of hydrogen-bond acceptors (Lipinski definition) is 6. The van der Waals surface area contributed by atoms with E-state index in [1.807, 2.05) is 36.4 Å². The summed E-state index contributed by atoms with van der Waals surface area (Å²) >= 11 is 12.7. The molecule has 0 amide bonds. The highest BCUT2D eigenvalue weighted by Crippen LogP contribution is 2.35. The van der Waals surface area contributed by atoms with Crippen LogP contribution in [0.4, 0.5) is 0 Å². The molecular weight excluding hydrogens is 455 g/mol. The van der Waals surface area contributed by atoms with Crippen molar-refractivity contribution in [3.05, 3.63) is 47.5 Å². The lowest BCUT2D eigenvalue weighted by Gasteiger charge is -2.21. The number of rotatable bonds is 9. The molecule has 0 radical (unpaired) electrons. The third-order valence-electron chi connectivity index (χ3n) is 5.17. The molecule has 174 valence electrons. The Hall–Kier alpha value is -2.44.